The lowest BCUT2D eigenvalue weighted by molar-refractivity contribution is 0.0696. The zero-order valence-corrected chi connectivity index (χ0v) is 14.6. The van der Waals surface area contributed by atoms with E-state index in [4.69, 9.17) is 5.11 Å². The van der Waals surface area contributed by atoms with E-state index >= 15 is 0 Å². The van der Waals surface area contributed by atoms with Crippen molar-refractivity contribution in [1.29, 1.82) is 0 Å². The SMILES string of the molecule is CCC(CSC)N(C)C(=O)Nc1cc(Br)cc(C(=O)O)c1. The highest BCUT2D eigenvalue weighted by atomic mass is 79.9. The lowest BCUT2D eigenvalue weighted by Gasteiger charge is -2.27. The first-order valence-electron chi connectivity index (χ1n) is 6.45. The van der Waals surface area contributed by atoms with Crippen molar-refractivity contribution in [1.82, 2.24) is 4.90 Å². The number of carboxylic acids is 1. The van der Waals surface area contributed by atoms with E-state index in [0.29, 0.717) is 10.2 Å². The third-order valence-electron chi connectivity index (χ3n) is 3.09. The van der Waals surface area contributed by atoms with Crippen molar-refractivity contribution in [3.63, 3.8) is 0 Å². The molecule has 0 saturated heterocycles. The molecule has 0 fully saturated rings. The van der Waals surface area contributed by atoms with Crippen molar-refractivity contribution in [3.8, 4) is 0 Å². The minimum Gasteiger partial charge on any atom is -0.478 e. The average molecular weight is 375 g/mol. The molecule has 1 atom stereocenters. The number of aromatic carboxylic acids is 1. The molecule has 0 saturated carbocycles. The minimum atomic E-state index is -1.03. The Kier molecular flexibility index (Phi) is 7.04. The molecule has 0 spiro atoms. The highest BCUT2D eigenvalue weighted by Gasteiger charge is 2.18. The van der Waals surface area contributed by atoms with Gasteiger partial charge in [0.05, 0.1) is 5.56 Å². The maximum atomic E-state index is 12.2. The Balaban J connectivity index is 2.85. The van der Waals surface area contributed by atoms with Gasteiger partial charge in [0.15, 0.2) is 0 Å². The van der Waals surface area contributed by atoms with Crippen LogP contribution in [-0.4, -0.2) is 47.1 Å². The van der Waals surface area contributed by atoms with Crippen molar-refractivity contribution >= 4 is 45.4 Å². The molecule has 2 N–H and O–H groups in total. The van der Waals surface area contributed by atoms with Gasteiger partial charge in [0.1, 0.15) is 0 Å². The average Bonchev–Trinajstić information content (AvgIpc) is 2.43. The maximum Gasteiger partial charge on any atom is 0.335 e. The number of carboxylic acid groups (broad SMARTS) is 1. The summed E-state index contributed by atoms with van der Waals surface area (Å²) >= 11 is 4.93. The topological polar surface area (TPSA) is 69.6 Å². The van der Waals surface area contributed by atoms with Gasteiger partial charge < -0.3 is 15.3 Å². The standard InChI is InChI=1S/C14H19BrN2O3S/c1-4-12(8-21-3)17(2)14(20)16-11-6-9(13(18)19)5-10(15)7-11/h5-7,12H,4,8H2,1-3H3,(H,16,20)(H,18,19). The van der Waals surface area contributed by atoms with E-state index in [0.717, 1.165) is 12.2 Å². The first-order valence-corrected chi connectivity index (χ1v) is 8.64. The van der Waals surface area contributed by atoms with Crippen LogP contribution in [-0.2, 0) is 0 Å². The first-order chi connectivity index (χ1) is 9.88. The molecular weight excluding hydrogens is 356 g/mol. The summed E-state index contributed by atoms with van der Waals surface area (Å²) in [7, 11) is 1.75. The molecule has 2 amide bonds. The molecule has 116 valence electrons. The van der Waals surface area contributed by atoms with Crippen LogP contribution in [0, 0.1) is 0 Å². The van der Waals surface area contributed by atoms with Crippen LogP contribution in [0.1, 0.15) is 23.7 Å². The number of rotatable bonds is 6. The molecule has 1 aromatic carbocycles. The number of amides is 2. The van der Waals surface area contributed by atoms with Crippen LogP contribution in [0.2, 0.25) is 0 Å². The molecule has 0 aliphatic rings. The van der Waals surface area contributed by atoms with Crippen molar-refractivity contribution in [2.75, 3.05) is 24.4 Å². The zero-order chi connectivity index (χ0) is 16.0. The predicted molar refractivity (Wildman–Crippen MR) is 90.3 cm³/mol. The molecule has 0 heterocycles. The van der Waals surface area contributed by atoms with E-state index in [1.807, 2.05) is 13.2 Å². The van der Waals surface area contributed by atoms with E-state index in [-0.39, 0.29) is 17.6 Å². The second-order valence-corrected chi connectivity index (χ2v) is 6.42. The van der Waals surface area contributed by atoms with E-state index < -0.39 is 5.97 Å². The fourth-order valence-electron chi connectivity index (χ4n) is 1.86. The molecule has 1 rings (SSSR count). The normalized spacial score (nSPS) is 11.8. The Bertz CT molecular complexity index is 525. The molecule has 0 aromatic heterocycles. The number of benzene rings is 1. The molecule has 1 unspecified atom stereocenters. The van der Waals surface area contributed by atoms with Gasteiger partial charge in [0.2, 0.25) is 0 Å². The summed E-state index contributed by atoms with van der Waals surface area (Å²) < 4.78 is 0.608. The van der Waals surface area contributed by atoms with E-state index in [2.05, 4.69) is 21.2 Å². The summed E-state index contributed by atoms with van der Waals surface area (Å²) in [5.74, 6) is -0.173. The lowest BCUT2D eigenvalue weighted by Crippen LogP contribution is -2.41. The van der Waals surface area contributed by atoms with Gasteiger partial charge in [-0.1, -0.05) is 22.9 Å². The fourth-order valence-corrected chi connectivity index (χ4v) is 3.20. The monoisotopic (exact) mass is 374 g/mol. The molecule has 21 heavy (non-hydrogen) atoms. The smallest absolute Gasteiger partial charge is 0.335 e. The van der Waals surface area contributed by atoms with Gasteiger partial charge in [0, 0.05) is 29.0 Å². The fraction of sp³-hybridized carbons (Fsp3) is 0.429. The molecule has 1 aromatic rings. The summed E-state index contributed by atoms with van der Waals surface area (Å²) in [6.07, 6.45) is 2.87. The molecule has 0 radical (unpaired) electrons. The number of hydrogen-bond acceptors (Lipinski definition) is 3. The van der Waals surface area contributed by atoms with Crippen molar-refractivity contribution in [2.24, 2.45) is 0 Å². The van der Waals surface area contributed by atoms with Crippen LogP contribution in [0.3, 0.4) is 0 Å². The van der Waals surface area contributed by atoms with Gasteiger partial charge in [-0.05, 0) is 30.9 Å². The largest absolute Gasteiger partial charge is 0.478 e. The summed E-state index contributed by atoms with van der Waals surface area (Å²) in [5, 5.41) is 11.8. The molecule has 0 aliphatic heterocycles. The maximum absolute atomic E-state index is 12.2. The quantitative estimate of drug-likeness (QED) is 0.795. The minimum absolute atomic E-state index is 0.124. The van der Waals surface area contributed by atoms with Crippen LogP contribution in [0.5, 0.6) is 0 Å². The van der Waals surface area contributed by atoms with Gasteiger partial charge in [-0.15, -0.1) is 0 Å². The lowest BCUT2D eigenvalue weighted by atomic mass is 10.2. The summed E-state index contributed by atoms with van der Waals surface area (Å²) in [6.45, 7) is 2.03. The van der Waals surface area contributed by atoms with Crippen LogP contribution >= 0.6 is 27.7 Å². The van der Waals surface area contributed by atoms with Gasteiger partial charge in [-0.25, -0.2) is 9.59 Å². The summed E-state index contributed by atoms with van der Waals surface area (Å²) in [5.41, 5.74) is 0.580. The number of carbonyl (C=O) groups excluding carboxylic acids is 1. The molecule has 0 bridgehead atoms. The second-order valence-electron chi connectivity index (χ2n) is 4.59. The van der Waals surface area contributed by atoms with E-state index in [9.17, 15) is 9.59 Å². The number of carbonyl (C=O) groups is 2. The Labute approximate surface area is 137 Å². The van der Waals surface area contributed by atoms with Crippen molar-refractivity contribution in [2.45, 2.75) is 19.4 Å². The Morgan fingerprint density at radius 3 is 2.62 bits per heavy atom. The number of urea groups is 1. The van der Waals surface area contributed by atoms with Gasteiger partial charge >= 0.3 is 12.0 Å². The Morgan fingerprint density at radius 2 is 2.10 bits per heavy atom. The van der Waals surface area contributed by atoms with E-state index in [1.54, 1.807) is 29.8 Å². The van der Waals surface area contributed by atoms with Crippen LogP contribution in [0.4, 0.5) is 10.5 Å². The van der Waals surface area contributed by atoms with Crippen molar-refractivity contribution in [3.05, 3.63) is 28.2 Å². The van der Waals surface area contributed by atoms with E-state index in [1.165, 1.54) is 12.1 Å². The highest BCUT2D eigenvalue weighted by Crippen LogP contribution is 2.20. The number of thioether (sulfide) groups is 1. The van der Waals surface area contributed by atoms with Gasteiger partial charge in [-0.2, -0.15) is 11.8 Å². The highest BCUT2D eigenvalue weighted by molar-refractivity contribution is 9.10. The van der Waals surface area contributed by atoms with Crippen LogP contribution in [0.15, 0.2) is 22.7 Å². The molecular formula is C14H19BrN2O3S. The molecule has 0 aliphatic carbocycles. The third-order valence-corrected chi connectivity index (χ3v) is 4.27. The first kappa shape index (κ1) is 17.8. The number of anilines is 1. The van der Waals surface area contributed by atoms with Gasteiger partial charge in [-0.3, -0.25) is 0 Å². The summed E-state index contributed by atoms with van der Waals surface area (Å²) in [6, 6.07) is 4.50. The Morgan fingerprint density at radius 1 is 1.43 bits per heavy atom. The third kappa shape index (κ3) is 5.24. The number of nitrogens with one attached hydrogen (secondary N) is 1. The van der Waals surface area contributed by atoms with Crippen LogP contribution < -0.4 is 5.32 Å². The van der Waals surface area contributed by atoms with Crippen molar-refractivity contribution < 1.29 is 14.7 Å². The predicted octanol–water partition coefficient (Wildman–Crippen LogP) is 3.75. The van der Waals surface area contributed by atoms with Crippen LogP contribution in [0.25, 0.3) is 0 Å². The number of halogens is 1. The summed E-state index contributed by atoms with van der Waals surface area (Å²) in [4.78, 5) is 24.9. The zero-order valence-electron chi connectivity index (χ0n) is 12.2. The molecule has 5 nitrogen and oxygen atoms in total. The number of hydrogen-bond donors (Lipinski definition) is 2. The molecule has 7 heteroatoms. The van der Waals surface area contributed by atoms with Gasteiger partial charge in [0.25, 0.3) is 0 Å². The second kappa shape index (κ2) is 8.29. The number of nitrogens with zero attached hydrogens (tertiary/aromatic N) is 1. The Hall–Kier alpha value is -1.21.